The number of aliphatic hydroxyl groups excluding tert-OH is 1. The number of hydrogen-bond acceptors (Lipinski definition) is 4. The highest BCUT2D eigenvalue weighted by atomic mass is 16.6. The molecule has 0 aromatic rings. The van der Waals surface area contributed by atoms with Crippen molar-refractivity contribution in [2.45, 2.75) is 89.8 Å². The monoisotopic (exact) mass is 341 g/mol. The van der Waals surface area contributed by atoms with Crippen LogP contribution in [0.4, 0.5) is 4.79 Å². The molecule has 1 aliphatic heterocycles. The van der Waals surface area contributed by atoms with Crippen LogP contribution in [0.5, 0.6) is 0 Å². The Bertz CT molecular complexity index is 424. The third-order valence-electron chi connectivity index (χ3n) is 5.72. The number of β-amino-alcohol motifs (C(OH)–C–C–N with tert-alkyl or cyclic N) is 1. The number of ether oxygens (including phenoxy) is 1. The molecule has 1 amide bonds. The molecule has 2 fully saturated rings. The first-order valence-corrected chi connectivity index (χ1v) is 9.53. The molecule has 140 valence electrons. The van der Waals surface area contributed by atoms with Gasteiger partial charge in [-0.2, -0.15) is 0 Å². The lowest BCUT2D eigenvalue weighted by atomic mass is 9.62. The molecule has 1 saturated carbocycles. The highest BCUT2D eigenvalue weighted by molar-refractivity contribution is 5.68. The fourth-order valence-corrected chi connectivity index (χ4v) is 4.30. The standard InChI is InChI=1S/C19H35NO4/c1-17(2,3)24-16(22)20-13-9-12-19(23,14-20)18(15-21)10-7-5-4-6-8-11-18/h21,23H,4-15H2,1-3H3. The van der Waals surface area contributed by atoms with Crippen LogP contribution in [-0.4, -0.2) is 52.1 Å². The Balaban J connectivity index is 2.15. The SMILES string of the molecule is CC(C)(C)OC(=O)N1CCCC(O)(C2(CO)CCCCCCC2)C1. The predicted octanol–water partition coefficient (Wildman–Crippen LogP) is 3.47. The third kappa shape index (κ3) is 4.42. The van der Waals surface area contributed by atoms with Crippen molar-refractivity contribution in [3.63, 3.8) is 0 Å². The van der Waals surface area contributed by atoms with Crippen molar-refractivity contribution < 1.29 is 19.7 Å². The van der Waals surface area contributed by atoms with Crippen LogP contribution >= 0.6 is 0 Å². The van der Waals surface area contributed by atoms with Crippen molar-refractivity contribution in [2.75, 3.05) is 19.7 Å². The number of amides is 1. The third-order valence-corrected chi connectivity index (χ3v) is 5.72. The van der Waals surface area contributed by atoms with Gasteiger partial charge in [-0.1, -0.05) is 32.1 Å². The van der Waals surface area contributed by atoms with Crippen molar-refractivity contribution in [1.82, 2.24) is 4.90 Å². The van der Waals surface area contributed by atoms with Gasteiger partial charge in [0.05, 0.1) is 18.8 Å². The molecule has 1 heterocycles. The van der Waals surface area contributed by atoms with Crippen molar-refractivity contribution in [1.29, 1.82) is 0 Å². The van der Waals surface area contributed by atoms with E-state index in [4.69, 9.17) is 4.74 Å². The fraction of sp³-hybridized carbons (Fsp3) is 0.947. The molecule has 2 rings (SSSR count). The molecule has 1 saturated heterocycles. The van der Waals surface area contributed by atoms with E-state index in [2.05, 4.69) is 0 Å². The highest BCUT2D eigenvalue weighted by Gasteiger charge is 2.52. The highest BCUT2D eigenvalue weighted by Crippen LogP contribution is 2.47. The van der Waals surface area contributed by atoms with E-state index in [9.17, 15) is 15.0 Å². The number of hydrogen-bond donors (Lipinski definition) is 2. The van der Waals surface area contributed by atoms with Crippen molar-refractivity contribution in [3.05, 3.63) is 0 Å². The summed E-state index contributed by atoms with van der Waals surface area (Å²) in [5.74, 6) is 0. The first-order valence-electron chi connectivity index (χ1n) is 9.53. The zero-order valence-electron chi connectivity index (χ0n) is 15.6. The predicted molar refractivity (Wildman–Crippen MR) is 93.8 cm³/mol. The summed E-state index contributed by atoms with van der Waals surface area (Å²) < 4.78 is 5.48. The molecule has 0 bridgehead atoms. The molecule has 1 unspecified atom stereocenters. The van der Waals surface area contributed by atoms with E-state index in [0.717, 1.165) is 44.9 Å². The Morgan fingerprint density at radius 3 is 2.17 bits per heavy atom. The van der Waals surface area contributed by atoms with Crippen LogP contribution in [0, 0.1) is 5.41 Å². The van der Waals surface area contributed by atoms with Crippen LogP contribution in [0.25, 0.3) is 0 Å². The summed E-state index contributed by atoms with van der Waals surface area (Å²) in [7, 11) is 0. The summed E-state index contributed by atoms with van der Waals surface area (Å²) in [6.45, 7) is 6.42. The molecule has 0 aromatic heterocycles. The molecular formula is C19H35NO4. The molecule has 24 heavy (non-hydrogen) atoms. The molecular weight excluding hydrogens is 306 g/mol. The Labute approximate surface area is 146 Å². The fourth-order valence-electron chi connectivity index (χ4n) is 4.30. The lowest BCUT2D eigenvalue weighted by Gasteiger charge is -2.51. The molecule has 0 radical (unpaired) electrons. The van der Waals surface area contributed by atoms with Crippen molar-refractivity contribution in [3.8, 4) is 0 Å². The number of nitrogens with zero attached hydrogens (tertiary/aromatic N) is 1. The van der Waals surface area contributed by atoms with E-state index >= 15 is 0 Å². The van der Waals surface area contributed by atoms with Gasteiger partial charge in [0.2, 0.25) is 0 Å². The summed E-state index contributed by atoms with van der Waals surface area (Å²) in [4.78, 5) is 14.1. The first kappa shape index (κ1) is 19.5. The minimum Gasteiger partial charge on any atom is -0.444 e. The maximum atomic E-state index is 12.4. The molecule has 2 N–H and O–H groups in total. The second-order valence-electron chi connectivity index (χ2n) is 8.74. The van der Waals surface area contributed by atoms with Crippen molar-refractivity contribution >= 4 is 6.09 Å². The van der Waals surface area contributed by atoms with Crippen LogP contribution < -0.4 is 0 Å². The lowest BCUT2D eigenvalue weighted by Crippen LogP contribution is -2.61. The first-order chi connectivity index (χ1) is 11.2. The van der Waals surface area contributed by atoms with Gasteiger partial charge in [0.1, 0.15) is 5.60 Å². The van der Waals surface area contributed by atoms with Crippen LogP contribution in [0.2, 0.25) is 0 Å². The van der Waals surface area contributed by atoms with Gasteiger partial charge in [-0.05, 0) is 46.5 Å². The average Bonchev–Trinajstić information content (AvgIpc) is 2.45. The normalized spacial score (nSPS) is 28.8. The molecule has 1 atom stereocenters. The zero-order chi connectivity index (χ0) is 17.8. The Kier molecular flexibility index (Phi) is 6.19. The van der Waals surface area contributed by atoms with Gasteiger partial charge in [-0.15, -0.1) is 0 Å². The van der Waals surface area contributed by atoms with E-state index in [-0.39, 0.29) is 19.2 Å². The molecule has 0 aromatic carbocycles. The number of likely N-dealkylation sites (tertiary alicyclic amines) is 1. The number of carbonyl (C=O) groups excluding carboxylic acids is 1. The Morgan fingerprint density at radius 1 is 1.04 bits per heavy atom. The summed E-state index contributed by atoms with van der Waals surface area (Å²) in [6.07, 6.45) is 8.34. The maximum absolute atomic E-state index is 12.4. The van der Waals surface area contributed by atoms with E-state index < -0.39 is 16.6 Å². The molecule has 0 spiro atoms. The van der Waals surface area contributed by atoms with Gasteiger partial charge >= 0.3 is 6.09 Å². The number of rotatable bonds is 2. The lowest BCUT2D eigenvalue weighted by molar-refractivity contribution is -0.152. The van der Waals surface area contributed by atoms with Gasteiger partial charge in [0, 0.05) is 12.0 Å². The second-order valence-corrected chi connectivity index (χ2v) is 8.74. The molecule has 5 heteroatoms. The number of piperidine rings is 1. The van der Waals surface area contributed by atoms with Crippen LogP contribution in [0.15, 0.2) is 0 Å². The second kappa shape index (κ2) is 7.61. The van der Waals surface area contributed by atoms with E-state index in [1.54, 1.807) is 4.90 Å². The smallest absolute Gasteiger partial charge is 0.410 e. The van der Waals surface area contributed by atoms with Crippen molar-refractivity contribution in [2.24, 2.45) is 5.41 Å². The Morgan fingerprint density at radius 2 is 1.62 bits per heavy atom. The van der Waals surface area contributed by atoms with E-state index in [1.807, 2.05) is 20.8 Å². The topological polar surface area (TPSA) is 70.0 Å². The minimum atomic E-state index is -1.02. The van der Waals surface area contributed by atoms with E-state index in [1.165, 1.54) is 6.42 Å². The van der Waals surface area contributed by atoms with Gasteiger partial charge in [0.15, 0.2) is 0 Å². The molecule has 2 aliphatic rings. The summed E-state index contributed by atoms with van der Waals surface area (Å²) in [5.41, 5.74) is -2.05. The summed E-state index contributed by atoms with van der Waals surface area (Å²) >= 11 is 0. The summed E-state index contributed by atoms with van der Waals surface area (Å²) in [5, 5.41) is 21.7. The zero-order valence-corrected chi connectivity index (χ0v) is 15.6. The van der Waals surface area contributed by atoms with Crippen LogP contribution in [0.1, 0.15) is 78.6 Å². The average molecular weight is 341 g/mol. The van der Waals surface area contributed by atoms with E-state index in [0.29, 0.717) is 13.0 Å². The van der Waals surface area contributed by atoms with Crippen LogP contribution in [-0.2, 0) is 4.74 Å². The number of carbonyl (C=O) groups is 1. The largest absolute Gasteiger partial charge is 0.444 e. The Hall–Kier alpha value is -0.810. The van der Waals surface area contributed by atoms with Crippen LogP contribution in [0.3, 0.4) is 0 Å². The minimum absolute atomic E-state index is 0.00828. The summed E-state index contributed by atoms with van der Waals surface area (Å²) in [6, 6.07) is 0. The quantitative estimate of drug-likeness (QED) is 0.807. The number of aliphatic hydroxyl groups is 2. The van der Waals surface area contributed by atoms with Gasteiger partial charge in [-0.25, -0.2) is 4.79 Å². The molecule has 5 nitrogen and oxygen atoms in total. The molecule has 1 aliphatic carbocycles. The van der Waals surface area contributed by atoms with Gasteiger partial charge in [-0.3, -0.25) is 0 Å². The van der Waals surface area contributed by atoms with Gasteiger partial charge < -0.3 is 19.8 Å². The maximum Gasteiger partial charge on any atom is 0.410 e. The van der Waals surface area contributed by atoms with Gasteiger partial charge in [0.25, 0.3) is 0 Å².